The molecule has 5 aromatic rings. The van der Waals surface area contributed by atoms with E-state index >= 15 is 0 Å². The molecule has 0 spiro atoms. The Morgan fingerprint density at radius 2 is 1.38 bits per heavy atom. The van der Waals surface area contributed by atoms with E-state index in [1.165, 1.54) is 0 Å². The van der Waals surface area contributed by atoms with Gasteiger partial charge in [0.1, 0.15) is 16.4 Å². The molecular weight excluding hydrogens is 412 g/mol. The highest BCUT2D eigenvalue weighted by Crippen LogP contribution is 2.24. The van der Waals surface area contributed by atoms with E-state index in [9.17, 15) is 0 Å². The molecule has 5 heteroatoms. The van der Waals surface area contributed by atoms with Crippen LogP contribution in [0.2, 0.25) is 0 Å². The van der Waals surface area contributed by atoms with Gasteiger partial charge in [0.25, 0.3) is 0 Å². The molecule has 32 heavy (non-hydrogen) atoms. The summed E-state index contributed by atoms with van der Waals surface area (Å²) in [7, 11) is 0. The van der Waals surface area contributed by atoms with Crippen molar-refractivity contribution in [1.82, 2.24) is 9.78 Å². The van der Waals surface area contributed by atoms with Crippen molar-refractivity contribution in [1.29, 1.82) is 0 Å². The third-order valence-electron chi connectivity index (χ3n) is 4.97. The summed E-state index contributed by atoms with van der Waals surface area (Å²) in [6, 6.07) is 34.4. The Balaban J connectivity index is 1.56. The van der Waals surface area contributed by atoms with Crippen LogP contribution in [0.5, 0.6) is 0 Å². The number of nitrogens with zero attached hydrogens (tertiary/aromatic N) is 4. The number of benzene rings is 3. The first-order valence-corrected chi connectivity index (χ1v) is 11.2. The Bertz CT molecular complexity index is 1300. The van der Waals surface area contributed by atoms with Gasteiger partial charge in [-0.2, -0.15) is 10.2 Å². The molecule has 0 N–H and O–H groups in total. The van der Waals surface area contributed by atoms with Gasteiger partial charge < -0.3 is 0 Å². The van der Waals surface area contributed by atoms with Gasteiger partial charge in [-0.05, 0) is 17.5 Å². The van der Waals surface area contributed by atoms with Crippen molar-refractivity contribution in [2.45, 2.75) is 0 Å². The van der Waals surface area contributed by atoms with E-state index in [4.69, 9.17) is 5.10 Å². The van der Waals surface area contributed by atoms with Crippen LogP contribution in [0.25, 0.3) is 16.3 Å². The predicted molar refractivity (Wildman–Crippen MR) is 133 cm³/mol. The fourth-order valence-corrected chi connectivity index (χ4v) is 4.09. The lowest BCUT2D eigenvalue weighted by atomic mass is 10.0. The predicted octanol–water partition coefficient (Wildman–Crippen LogP) is 6.47. The molecule has 0 unspecified atom stereocenters. The van der Waals surface area contributed by atoms with Crippen molar-refractivity contribution in [3.05, 3.63) is 131 Å². The van der Waals surface area contributed by atoms with Crippen molar-refractivity contribution in [3.8, 4) is 16.3 Å². The molecule has 4 nitrogen and oxygen atoms in total. The van der Waals surface area contributed by atoms with Crippen LogP contribution in [0.4, 0.5) is 0 Å². The normalized spacial score (nSPS) is 11.0. The summed E-state index contributed by atoms with van der Waals surface area (Å²) in [5, 5.41) is 17.0. The maximum atomic E-state index is 4.82. The molecule has 0 amide bonds. The summed E-state index contributed by atoms with van der Waals surface area (Å²) in [4.78, 5) is 0. The van der Waals surface area contributed by atoms with Gasteiger partial charge in [-0.25, -0.2) is 4.68 Å². The van der Waals surface area contributed by atoms with Crippen molar-refractivity contribution in [2.75, 3.05) is 0 Å². The molecule has 0 saturated heterocycles. The Kier molecular flexibility index (Phi) is 5.81. The van der Waals surface area contributed by atoms with Crippen LogP contribution in [-0.2, 0) is 0 Å². The van der Waals surface area contributed by atoms with Crippen LogP contribution >= 0.6 is 11.3 Å². The molecule has 2 aromatic heterocycles. The maximum Gasteiger partial charge on any atom is 0.117 e. The molecule has 0 bridgehead atoms. The molecule has 2 heterocycles. The first kappa shape index (κ1) is 19.8. The summed E-state index contributed by atoms with van der Waals surface area (Å²) < 4.78 is 1.90. The number of thiophene rings is 1. The maximum absolute atomic E-state index is 4.82. The zero-order valence-electron chi connectivity index (χ0n) is 17.2. The minimum atomic E-state index is 0.828. The summed E-state index contributed by atoms with van der Waals surface area (Å²) in [5.41, 5.74) is 5.70. The fourth-order valence-electron chi connectivity index (χ4n) is 3.44. The summed E-state index contributed by atoms with van der Waals surface area (Å²) in [6.07, 6.45) is 3.78. The Labute approximate surface area is 190 Å². The van der Waals surface area contributed by atoms with Crippen LogP contribution in [0.3, 0.4) is 0 Å². The molecule has 0 radical (unpaired) electrons. The highest BCUT2D eigenvalue weighted by atomic mass is 32.1. The third-order valence-corrected chi connectivity index (χ3v) is 5.83. The van der Waals surface area contributed by atoms with Gasteiger partial charge in [-0.3, -0.25) is 0 Å². The standard InChI is InChI=1S/C27H20N4S/c1-4-11-21(12-5-1)26(22-13-6-2-7-14-22)29-28-19-24-20-31(25-17-10-18-32-25)30-27(24)23-15-8-3-9-16-23/h1-20H/b28-19+. The van der Waals surface area contributed by atoms with Crippen LogP contribution in [0.15, 0.2) is 125 Å². The molecule has 154 valence electrons. The molecular formula is C27H20N4S. The number of hydrogen-bond donors (Lipinski definition) is 0. The second-order valence-electron chi connectivity index (χ2n) is 7.12. The monoisotopic (exact) mass is 432 g/mol. The highest BCUT2D eigenvalue weighted by molar-refractivity contribution is 7.12. The molecule has 0 fully saturated rings. The molecule has 3 aromatic carbocycles. The number of hydrogen-bond acceptors (Lipinski definition) is 4. The lowest BCUT2D eigenvalue weighted by Gasteiger charge is -2.05. The van der Waals surface area contributed by atoms with E-state index in [-0.39, 0.29) is 0 Å². The van der Waals surface area contributed by atoms with Gasteiger partial charge in [0, 0.05) is 28.5 Å². The third kappa shape index (κ3) is 4.33. The molecule has 0 saturated carbocycles. The van der Waals surface area contributed by atoms with Gasteiger partial charge >= 0.3 is 0 Å². The van der Waals surface area contributed by atoms with E-state index in [1.54, 1.807) is 17.6 Å². The zero-order valence-corrected chi connectivity index (χ0v) is 18.1. The second-order valence-corrected chi connectivity index (χ2v) is 8.05. The Morgan fingerprint density at radius 1 is 0.750 bits per heavy atom. The van der Waals surface area contributed by atoms with Crippen LogP contribution in [0, 0.1) is 0 Å². The van der Waals surface area contributed by atoms with Gasteiger partial charge in [0.15, 0.2) is 0 Å². The zero-order chi connectivity index (χ0) is 21.6. The minimum Gasteiger partial charge on any atom is -0.230 e. The topological polar surface area (TPSA) is 42.5 Å². The highest BCUT2D eigenvalue weighted by Gasteiger charge is 2.12. The molecule has 0 aliphatic rings. The first-order chi connectivity index (χ1) is 15.9. The lowest BCUT2D eigenvalue weighted by Crippen LogP contribution is -2.02. The lowest BCUT2D eigenvalue weighted by molar-refractivity contribution is 0.901. The van der Waals surface area contributed by atoms with E-state index in [1.807, 2.05) is 101 Å². The van der Waals surface area contributed by atoms with Crippen molar-refractivity contribution < 1.29 is 0 Å². The van der Waals surface area contributed by atoms with Gasteiger partial charge in [-0.1, -0.05) is 91.0 Å². The van der Waals surface area contributed by atoms with E-state index < -0.39 is 0 Å². The average Bonchev–Trinajstić information content (AvgIpc) is 3.54. The minimum absolute atomic E-state index is 0.828. The fraction of sp³-hybridized carbons (Fsp3) is 0. The first-order valence-electron chi connectivity index (χ1n) is 10.3. The summed E-state index contributed by atoms with van der Waals surface area (Å²) >= 11 is 1.64. The van der Waals surface area contributed by atoms with Crippen LogP contribution in [0.1, 0.15) is 16.7 Å². The summed E-state index contributed by atoms with van der Waals surface area (Å²) in [6.45, 7) is 0. The largest absolute Gasteiger partial charge is 0.230 e. The van der Waals surface area contributed by atoms with Crippen LogP contribution < -0.4 is 0 Å². The van der Waals surface area contributed by atoms with Crippen molar-refractivity contribution >= 4 is 23.3 Å². The SMILES string of the molecule is C(=N\N=C(c1ccccc1)c1ccccc1)/c1cn(-c2cccs2)nc1-c1ccccc1. The van der Waals surface area contributed by atoms with Gasteiger partial charge in [-0.15, -0.1) is 16.4 Å². The van der Waals surface area contributed by atoms with Crippen molar-refractivity contribution in [2.24, 2.45) is 10.2 Å². The number of rotatable bonds is 6. The molecule has 5 rings (SSSR count). The molecule has 0 aliphatic heterocycles. The van der Waals surface area contributed by atoms with Crippen molar-refractivity contribution in [3.63, 3.8) is 0 Å². The number of aromatic nitrogens is 2. The van der Waals surface area contributed by atoms with E-state index in [2.05, 4.69) is 28.4 Å². The summed E-state index contributed by atoms with van der Waals surface area (Å²) in [5.74, 6) is 0. The Hall–Kier alpha value is -4.09. The van der Waals surface area contributed by atoms with Crippen LogP contribution in [-0.4, -0.2) is 21.7 Å². The second kappa shape index (κ2) is 9.37. The quantitative estimate of drug-likeness (QED) is 0.224. The average molecular weight is 433 g/mol. The van der Waals surface area contributed by atoms with E-state index in [0.717, 1.165) is 38.7 Å². The molecule has 0 aliphatic carbocycles. The Morgan fingerprint density at radius 3 is 1.97 bits per heavy atom. The van der Waals surface area contributed by atoms with Gasteiger partial charge in [0.05, 0.1) is 6.21 Å². The van der Waals surface area contributed by atoms with Gasteiger partial charge in [0.2, 0.25) is 0 Å². The smallest absolute Gasteiger partial charge is 0.117 e. The van der Waals surface area contributed by atoms with E-state index in [0.29, 0.717) is 0 Å². The molecule has 0 atom stereocenters.